The Balaban J connectivity index is 1.63. The number of nitrogens with zero attached hydrogens (tertiary/aromatic N) is 4. The number of amides is 1. The van der Waals surface area contributed by atoms with Gasteiger partial charge in [-0.15, -0.1) is 16.4 Å². The van der Waals surface area contributed by atoms with E-state index in [4.69, 9.17) is 0 Å². The quantitative estimate of drug-likeness (QED) is 0.776. The van der Waals surface area contributed by atoms with Crippen molar-refractivity contribution in [1.29, 1.82) is 0 Å². The molecule has 120 valence electrons. The molecule has 3 heterocycles. The first-order valence-corrected chi connectivity index (χ1v) is 8.16. The number of carbonyl (C=O) groups excluding carboxylic acids is 1. The number of rotatable bonds is 5. The van der Waals surface area contributed by atoms with Gasteiger partial charge in [0.1, 0.15) is 0 Å². The first kappa shape index (κ1) is 15.4. The normalized spacial score (nSPS) is 11.3. The molecule has 3 aromatic rings. The average molecular weight is 331 g/mol. The van der Waals surface area contributed by atoms with Crippen LogP contribution >= 0.6 is 11.3 Å². The molecule has 0 radical (unpaired) electrons. The Kier molecular flexibility index (Phi) is 4.24. The van der Waals surface area contributed by atoms with Crippen LogP contribution in [0.4, 0.5) is 5.13 Å². The lowest BCUT2D eigenvalue weighted by Gasteiger charge is -2.01. The number of fused-ring (bicyclic) bond motifs is 1. The van der Waals surface area contributed by atoms with Crippen LogP contribution in [-0.2, 0) is 11.3 Å². The number of hydrogen-bond donors (Lipinski definition) is 1. The molecule has 1 N–H and O–H groups in total. The summed E-state index contributed by atoms with van der Waals surface area (Å²) in [6, 6.07) is 5.33. The SMILES string of the molecule is CC(C)c1cnc(NC(=O)CCn2nc3ccccn3c2=O)s1. The zero-order valence-corrected chi connectivity index (χ0v) is 13.7. The van der Waals surface area contributed by atoms with Gasteiger partial charge in [-0.05, 0) is 18.1 Å². The minimum Gasteiger partial charge on any atom is -0.302 e. The van der Waals surface area contributed by atoms with Gasteiger partial charge in [-0.3, -0.25) is 9.20 Å². The van der Waals surface area contributed by atoms with Crippen LogP contribution in [0.15, 0.2) is 35.4 Å². The van der Waals surface area contributed by atoms with Crippen LogP contribution in [0.5, 0.6) is 0 Å². The summed E-state index contributed by atoms with van der Waals surface area (Å²) >= 11 is 1.47. The molecule has 0 aromatic carbocycles. The zero-order chi connectivity index (χ0) is 16.4. The third-order valence-electron chi connectivity index (χ3n) is 3.38. The highest BCUT2D eigenvalue weighted by Crippen LogP contribution is 2.25. The summed E-state index contributed by atoms with van der Waals surface area (Å²) in [7, 11) is 0. The van der Waals surface area contributed by atoms with Gasteiger partial charge in [0.2, 0.25) is 5.91 Å². The van der Waals surface area contributed by atoms with Crippen LogP contribution in [0.2, 0.25) is 0 Å². The molecule has 3 aromatic heterocycles. The molecular formula is C15H17N5O2S. The van der Waals surface area contributed by atoms with E-state index in [-0.39, 0.29) is 24.6 Å². The number of hydrogen-bond acceptors (Lipinski definition) is 5. The molecule has 0 fully saturated rings. The number of aromatic nitrogens is 4. The summed E-state index contributed by atoms with van der Waals surface area (Å²) < 4.78 is 2.75. The molecule has 0 aliphatic carbocycles. The second-order valence-corrected chi connectivity index (χ2v) is 6.52. The summed E-state index contributed by atoms with van der Waals surface area (Å²) in [4.78, 5) is 29.4. The first-order valence-electron chi connectivity index (χ1n) is 7.34. The third-order valence-corrected chi connectivity index (χ3v) is 4.59. The standard InChI is InChI=1S/C15H17N5O2S/c1-10(2)11-9-16-14(23-11)17-13(21)6-8-20-15(22)19-7-4-3-5-12(19)18-20/h3-5,7,9-10H,6,8H2,1-2H3,(H,16,17,21). The minimum atomic E-state index is -0.246. The van der Waals surface area contributed by atoms with Crippen LogP contribution in [-0.4, -0.2) is 25.1 Å². The van der Waals surface area contributed by atoms with E-state index in [1.807, 2.05) is 6.07 Å². The highest BCUT2D eigenvalue weighted by molar-refractivity contribution is 7.15. The molecule has 0 aliphatic rings. The highest BCUT2D eigenvalue weighted by atomic mass is 32.1. The lowest BCUT2D eigenvalue weighted by molar-refractivity contribution is -0.116. The smallest absolute Gasteiger partial charge is 0.302 e. The molecule has 8 heteroatoms. The molecule has 23 heavy (non-hydrogen) atoms. The van der Waals surface area contributed by atoms with E-state index < -0.39 is 0 Å². The maximum Gasteiger partial charge on any atom is 0.350 e. The van der Waals surface area contributed by atoms with Crippen molar-refractivity contribution in [3.8, 4) is 0 Å². The fourth-order valence-corrected chi connectivity index (χ4v) is 2.95. The number of nitrogens with one attached hydrogen (secondary N) is 1. The van der Waals surface area contributed by atoms with Crippen LogP contribution in [0.1, 0.15) is 31.1 Å². The van der Waals surface area contributed by atoms with Crippen LogP contribution in [0.3, 0.4) is 0 Å². The van der Waals surface area contributed by atoms with E-state index in [1.165, 1.54) is 20.4 Å². The number of carbonyl (C=O) groups is 1. The van der Waals surface area contributed by atoms with Gasteiger partial charge >= 0.3 is 5.69 Å². The van der Waals surface area contributed by atoms with E-state index in [2.05, 4.69) is 29.2 Å². The van der Waals surface area contributed by atoms with Gasteiger partial charge in [0.05, 0.1) is 6.54 Å². The molecule has 0 aliphatic heterocycles. The average Bonchev–Trinajstić information content (AvgIpc) is 3.11. The topological polar surface area (TPSA) is 81.3 Å². The summed E-state index contributed by atoms with van der Waals surface area (Å²) in [5, 5.41) is 7.54. The molecule has 0 saturated carbocycles. The molecule has 7 nitrogen and oxygen atoms in total. The van der Waals surface area contributed by atoms with E-state index in [9.17, 15) is 9.59 Å². The molecule has 0 spiro atoms. The first-order chi connectivity index (χ1) is 11.0. The Hall–Kier alpha value is -2.48. The fraction of sp³-hybridized carbons (Fsp3) is 0.333. The number of aryl methyl sites for hydroxylation is 1. The van der Waals surface area contributed by atoms with Crippen molar-refractivity contribution in [3.63, 3.8) is 0 Å². The fourth-order valence-electron chi connectivity index (χ4n) is 2.11. The second-order valence-electron chi connectivity index (χ2n) is 5.46. The minimum absolute atomic E-state index is 0.167. The van der Waals surface area contributed by atoms with E-state index >= 15 is 0 Å². The largest absolute Gasteiger partial charge is 0.350 e. The second kappa shape index (κ2) is 6.33. The maximum atomic E-state index is 12.1. The van der Waals surface area contributed by atoms with Crippen LogP contribution < -0.4 is 11.0 Å². The Morgan fingerprint density at radius 2 is 2.22 bits per heavy atom. The summed E-state index contributed by atoms with van der Waals surface area (Å²) in [6.07, 6.45) is 3.60. The van der Waals surface area contributed by atoms with E-state index in [0.717, 1.165) is 4.88 Å². The molecular weight excluding hydrogens is 314 g/mol. The Labute approximate surface area is 136 Å². The van der Waals surface area contributed by atoms with Crippen molar-refractivity contribution in [1.82, 2.24) is 19.2 Å². The molecule has 3 rings (SSSR count). The van der Waals surface area contributed by atoms with Gasteiger partial charge in [0, 0.05) is 23.7 Å². The monoisotopic (exact) mass is 331 g/mol. The molecule has 1 amide bonds. The molecule has 0 unspecified atom stereocenters. The van der Waals surface area contributed by atoms with Gasteiger partial charge in [-0.25, -0.2) is 14.5 Å². The highest BCUT2D eigenvalue weighted by Gasteiger charge is 2.11. The number of pyridine rings is 1. The van der Waals surface area contributed by atoms with Gasteiger partial charge in [0.15, 0.2) is 10.8 Å². The van der Waals surface area contributed by atoms with E-state index in [0.29, 0.717) is 16.7 Å². The Morgan fingerprint density at radius 3 is 2.91 bits per heavy atom. The van der Waals surface area contributed by atoms with Crippen LogP contribution in [0, 0.1) is 0 Å². The van der Waals surface area contributed by atoms with Crippen molar-refractivity contribution in [2.75, 3.05) is 5.32 Å². The summed E-state index contributed by atoms with van der Waals surface area (Å²) in [6.45, 7) is 4.39. The van der Waals surface area contributed by atoms with Crippen molar-refractivity contribution < 1.29 is 4.79 Å². The van der Waals surface area contributed by atoms with Crippen LogP contribution in [0.25, 0.3) is 5.65 Å². The molecule has 0 saturated heterocycles. The van der Waals surface area contributed by atoms with Crippen molar-refractivity contribution >= 4 is 28.0 Å². The van der Waals surface area contributed by atoms with Crippen molar-refractivity contribution in [2.24, 2.45) is 0 Å². The lowest BCUT2D eigenvalue weighted by atomic mass is 10.2. The Morgan fingerprint density at radius 1 is 1.39 bits per heavy atom. The number of anilines is 1. The predicted molar refractivity (Wildman–Crippen MR) is 88.9 cm³/mol. The van der Waals surface area contributed by atoms with Crippen molar-refractivity contribution in [2.45, 2.75) is 32.7 Å². The lowest BCUT2D eigenvalue weighted by Crippen LogP contribution is -2.24. The predicted octanol–water partition coefficient (Wildman–Crippen LogP) is 2.10. The molecule has 0 atom stereocenters. The van der Waals surface area contributed by atoms with Gasteiger partial charge in [0.25, 0.3) is 0 Å². The Bertz CT molecular complexity index is 893. The van der Waals surface area contributed by atoms with E-state index in [1.54, 1.807) is 24.5 Å². The number of thiazole rings is 1. The van der Waals surface area contributed by atoms with Gasteiger partial charge in [-0.2, -0.15) is 0 Å². The van der Waals surface area contributed by atoms with Crippen molar-refractivity contribution in [3.05, 3.63) is 46.0 Å². The molecule has 0 bridgehead atoms. The maximum absolute atomic E-state index is 12.1. The summed E-state index contributed by atoms with van der Waals surface area (Å²) in [5.41, 5.74) is 0.323. The van der Waals surface area contributed by atoms with Gasteiger partial charge in [-0.1, -0.05) is 19.9 Å². The third kappa shape index (κ3) is 3.31. The zero-order valence-electron chi connectivity index (χ0n) is 12.9. The van der Waals surface area contributed by atoms with Gasteiger partial charge < -0.3 is 5.32 Å². The summed E-state index contributed by atoms with van der Waals surface area (Å²) in [5.74, 6) is 0.202.